The number of anilines is 1. The van der Waals surface area contributed by atoms with Gasteiger partial charge < -0.3 is 11.1 Å². The van der Waals surface area contributed by atoms with Gasteiger partial charge in [-0.1, -0.05) is 43.3 Å². The number of nitrogens with zero attached hydrogens (tertiary/aromatic N) is 1. The number of aromatic nitrogens is 1. The molecule has 0 unspecified atom stereocenters. The SMILES string of the molecule is CCc1ccc(C(=O)NC2(c3ccc(-c4ncc(C(F)(F)F)cc4N)cc3)CC2)cc1. The highest BCUT2D eigenvalue weighted by Gasteiger charge is 2.45. The zero-order chi connectivity index (χ0) is 22.2. The Morgan fingerprint density at radius 2 is 1.74 bits per heavy atom. The zero-order valence-electron chi connectivity index (χ0n) is 17.0. The summed E-state index contributed by atoms with van der Waals surface area (Å²) >= 11 is 0. The van der Waals surface area contributed by atoms with Crippen LogP contribution in [0.15, 0.2) is 60.8 Å². The largest absolute Gasteiger partial charge is 0.417 e. The van der Waals surface area contributed by atoms with Crippen molar-refractivity contribution in [2.75, 3.05) is 5.73 Å². The molecule has 0 aliphatic heterocycles. The number of rotatable bonds is 5. The van der Waals surface area contributed by atoms with E-state index in [0.717, 1.165) is 37.1 Å². The molecule has 1 aromatic heterocycles. The zero-order valence-corrected chi connectivity index (χ0v) is 17.0. The van der Waals surface area contributed by atoms with Crippen LogP contribution in [-0.2, 0) is 18.1 Å². The second-order valence-corrected chi connectivity index (χ2v) is 7.82. The van der Waals surface area contributed by atoms with E-state index in [-0.39, 0.29) is 11.6 Å². The maximum Gasteiger partial charge on any atom is 0.417 e. The van der Waals surface area contributed by atoms with Crippen LogP contribution in [0.1, 0.15) is 46.8 Å². The van der Waals surface area contributed by atoms with Crippen molar-refractivity contribution >= 4 is 11.6 Å². The minimum absolute atomic E-state index is 0.0347. The van der Waals surface area contributed by atoms with E-state index in [2.05, 4.69) is 17.2 Å². The summed E-state index contributed by atoms with van der Waals surface area (Å²) in [5, 5.41) is 3.13. The number of nitrogens with two attached hydrogens (primary N) is 1. The van der Waals surface area contributed by atoms with Gasteiger partial charge in [0.1, 0.15) is 0 Å². The van der Waals surface area contributed by atoms with Crippen LogP contribution in [0.4, 0.5) is 18.9 Å². The molecule has 1 aliphatic carbocycles. The molecule has 1 fully saturated rings. The van der Waals surface area contributed by atoms with Crippen molar-refractivity contribution in [3.8, 4) is 11.3 Å². The fourth-order valence-corrected chi connectivity index (χ4v) is 3.62. The third kappa shape index (κ3) is 4.26. The lowest BCUT2D eigenvalue weighted by Gasteiger charge is -2.19. The number of benzene rings is 2. The van der Waals surface area contributed by atoms with Crippen molar-refractivity contribution in [2.45, 2.75) is 37.9 Å². The van der Waals surface area contributed by atoms with Gasteiger partial charge in [-0.25, -0.2) is 0 Å². The number of aryl methyl sites for hydroxylation is 1. The van der Waals surface area contributed by atoms with Gasteiger partial charge in [0.25, 0.3) is 5.91 Å². The second-order valence-electron chi connectivity index (χ2n) is 7.82. The average molecular weight is 425 g/mol. The molecule has 160 valence electrons. The summed E-state index contributed by atoms with van der Waals surface area (Å²) in [7, 11) is 0. The van der Waals surface area contributed by atoms with Gasteiger partial charge in [0, 0.05) is 17.3 Å². The fraction of sp³-hybridized carbons (Fsp3) is 0.250. The standard InChI is InChI=1S/C24H22F3N3O/c1-2-15-3-5-17(6-4-15)22(31)30-23(11-12-23)18-9-7-16(8-10-18)21-20(28)13-19(14-29-21)24(25,26)27/h3-10,13-14H,2,11-12,28H2,1H3,(H,30,31). The molecule has 0 radical (unpaired) electrons. The Hall–Kier alpha value is -3.35. The highest BCUT2D eigenvalue weighted by Crippen LogP contribution is 2.46. The summed E-state index contributed by atoms with van der Waals surface area (Å²) in [6.45, 7) is 2.06. The number of hydrogen-bond acceptors (Lipinski definition) is 3. The number of nitrogen functional groups attached to an aromatic ring is 1. The lowest BCUT2D eigenvalue weighted by Crippen LogP contribution is -2.34. The monoisotopic (exact) mass is 425 g/mol. The maximum absolute atomic E-state index is 12.8. The molecule has 4 nitrogen and oxygen atoms in total. The van der Waals surface area contributed by atoms with Gasteiger partial charge in [0.2, 0.25) is 0 Å². The Morgan fingerprint density at radius 1 is 1.10 bits per heavy atom. The second kappa shape index (κ2) is 7.72. The Labute approximate surface area is 178 Å². The van der Waals surface area contributed by atoms with Crippen molar-refractivity contribution in [1.82, 2.24) is 10.3 Å². The van der Waals surface area contributed by atoms with Crippen LogP contribution in [0.2, 0.25) is 0 Å². The molecule has 3 N–H and O–H groups in total. The summed E-state index contributed by atoms with van der Waals surface area (Å²) in [5.74, 6) is -0.127. The van der Waals surface area contributed by atoms with Gasteiger partial charge in [-0.2, -0.15) is 13.2 Å². The number of halogens is 3. The van der Waals surface area contributed by atoms with Crippen LogP contribution in [0.3, 0.4) is 0 Å². The molecule has 4 rings (SSSR count). The first-order chi connectivity index (χ1) is 14.7. The van der Waals surface area contributed by atoms with Gasteiger partial charge in [0.05, 0.1) is 22.5 Å². The number of pyridine rings is 1. The van der Waals surface area contributed by atoms with Crippen LogP contribution in [-0.4, -0.2) is 10.9 Å². The van der Waals surface area contributed by atoms with Crippen LogP contribution in [0.5, 0.6) is 0 Å². The average Bonchev–Trinajstić information content (AvgIpc) is 3.54. The molecule has 0 bridgehead atoms. The number of nitrogens with one attached hydrogen (secondary N) is 1. The molecule has 1 amide bonds. The molecule has 2 aromatic carbocycles. The third-order valence-electron chi connectivity index (χ3n) is 5.68. The predicted molar refractivity (Wildman–Crippen MR) is 113 cm³/mol. The Bertz CT molecular complexity index is 1100. The van der Waals surface area contributed by atoms with Crippen LogP contribution < -0.4 is 11.1 Å². The van der Waals surface area contributed by atoms with E-state index in [1.807, 2.05) is 36.4 Å². The Kier molecular flexibility index (Phi) is 5.21. The Balaban J connectivity index is 1.52. The summed E-state index contributed by atoms with van der Waals surface area (Å²) in [5.41, 5.74) is 8.13. The van der Waals surface area contributed by atoms with Gasteiger partial charge in [-0.15, -0.1) is 0 Å². The van der Waals surface area contributed by atoms with Crippen molar-refractivity contribution in [3.63, 3.8) is 0 Å². The first kappa shape index (κ1) is 20.9. The Morgan fingerprint density at radius 3 is 2.26 bits per heavy atom. The molecule has 1 saturated carbocycles. The molecular formula is C24H22F3N3O. The molecule has 31 heavy (non-hydrogen) atoms. The van der Waals surface area contributed by atoms with Crippen LogP contribution in [0.25, 0.3) is 11.3 Å². The van der Waals surface area contributed by atoms with Crippen molar-refractivity contribution in [3.05, 3.63) is 83.0 Å². The molecule has 0 saturated heterocycles. The maximum atomic E-state index is 12.8. The molecule has 3 aromatic rings. The summed E-state index contributed by atoms with van der Waals surface area (Å²) in [6, 6.07) is 15.7. The fourth-order valence-electron chi connectivity index (χ4n) is 3.62. The number of amides is 1. The van der Waals surface area contributed by atoms with Crippen LogP contribution in [0, 0.1) is 0 Å². The third-order valence-corrected chi connectivity index (χ3v) is 5.68. The van der Waals surface area contributed by atoms with Gasteiger partial charge in [-0.3, -0.25) is 9.78 Å². The minimum Gasteiger partial charge on any atom is -0.397 e. The number of carbonyl (C=O) groups excluding carboxylic acids is 1. The topological polar surface area (TPSA) is 68.0 Å². The van der Waals surface area contributed by atoms with Crippen LogP contribution >= 0.6 is 0 Å². The van der Waals surface area contributed by atoms with E-state index in [9.17, 15) is 18.0 Å². The summed E-state index contributed by atoms with van der Waals surface area (Å²) < 4.78 is 38.5. The van der Waals surface area contributed by atoms with Gasteiger partial charge in [0.15, 0.2) is 0 Å². The minimum atomic E-state index is -4.49. The van der Waals surface area contributed by atoms with E-state index in [1.165, 1.54) is 5.56 Å². The highest BCUT2D eigenvalue weighted by atomic mass is 19.4. The first-order valence-corrected chi connectivity index (χ1v) is 10.1. The van der Waals surface area contributed by atoms with E-state index in [4.69, 9.17) is 5.73 Å². The molecule has 7 heteroatoms. The van der Waals surface area contributed by atoms with E-state index < -0.39 is 17.3 Å². The summed E-state index contributed by atoms with van der Waals surface area (Å²) in [4.78, 5) is 16.6. The number of carbonyl (C=O) groups is 1. The van der Waals surface area contributed by atoms with Gasteiger partial charge in [-0.05, 0) is 48.6 Å². The molecule has 1 aliphatic rings. The number of alkyl halides is 3. The lowest BCUT2D eigenvalue weighted by molar-refractivity contribution is -0.137. The smallest absolute Gasteiger partial charge is 0.397 e. The quantitative estimate of drug-likeness (QED) is 0.581. The molecule has 0 atom stereocenters. The molecule has 1 heterocycles. The van der Waals surface area contributed by atoms with E-state index in [0.29, 0.717) is 16.8 Å². The molecule has 0 spiro atoms. The molecular weight excluding hydrogens is 403 g/mol. The predicted octanol–water partition coefficient (Wildman–Crippen LogP) is 5.33. The van der Waals surface area contributed by atoms with Gasteiger partial charge >= 0.3 is 6.18 Å². The van der Waals surface area contributed by atoms with Crippen molar-refractivity contribution in [1.29, 1.82) is 0 Å². The normalized spacial score (nSPS) is 14.8. The van der Waals surface area contributed by atoms with Crippen molar-refractivity contribution < 1.29 is 18.0 Å². The van der Waals surface area contributed by atoms with Crippen molar-refractivity contribution in [2.24, 2.45) is 0 Å². The highest BCUT2D eigenvalue weighted by molar-refractivity contribution is 5.95. The van der Waals surface area contributed by atoms with E-state index in [1.54, 1.807) is 12.1 Å². The number of hydrogen-bond donors (Lipinski definition) is 2. The first-order valence-electron chi connectivity index (χ1n) is 10.1. The summed E-state index contributed by atoms with van der Waals surface area (Å²) in [6.07, 6.45) is -1.14. The van der Waals surface area contributed by atoms with E-state index >= 15 is 0 Å². The lowest BCUT2D eigenvalue weighted by atomic mass is 10.00.